The summed E-state index contributed by atoms with van der Waals surface area (Å²) in [6.45, 7) is 0.796. The summed E-state index contributed by atoms with van der Waals surface area (Å²) < 4.78 is 2.14. The van der Waals surface area contributed by atoms with Gasteiger partial charge in [0.25, 0.3) is 0 Å². The average molecular weight is 269 g/mol. The predicted octanol–water partition coefficient (Wildman–Crippen LogP) is 2.13. The van der Waals surface area contributed by atoms with Crippen LogP contribution in [0.5, 0.6) is 0 Å². The molecule has 0 saturated heterocycles. The molecule has 0 atom stereocenters. The Hall–Kier alpha value is -1.75. The number of aromatic nitrogens is 4. The van der Waals surface area contributed by atoms with Crippen molar-refractivity contribution < 1.29 is 0 Å². The van der Waals surface area contributed by atoms with Crippen molar-refractivity contribution in [3.05, 3.63) is 30.5 Å². The summed E-state index contributed by atoms with van der Waals surface area (Å²) in [6.07, 6.45) is 12.3. The highest BCUT2D eigenvalue weighted by Crippen LogP contribution is 2.45. The minimum atomic E-state index is 0.520. The standard InChI is InChI=1S/C15H19N5/c16-7-10-5-12(6-10)20-9-13(14-8-17-3-4-18-14)15(19-20)11-1-2-11/h3-4,8-12H,1-2,5-7,16H2. The van der Waals surface area contributed by atoms with E-state index in [-0.39, 0.29) is 0 Å². The Labute approximate surface area is 118 Å². The molecule has 2 heterocycles. The van der Waals surface area contributed by atoms with E-state index in [2.05, 4.69) is 20.8 Å². The quantitative estimate of drug-likeness (QED) is 0.923. The number of hydrogen-bond donors (Lipinski definition) is 1. The summed E-state index contributed by atoms with van der Waals surface area (Å²) in [4.78, 5) is 8.61. The van der Waals surface area contributed by atoms with Crippen LogP contribution in [0.15, 0.2) is 24.8 Å². The Balaban J connectivity index is 1.66. The molecule has 0 amide bonds. The lowest BCUT2D eigenvalue weighted by Gasteiger charge is -2.34. The van der Waals surface area contributed by atoms with Crippen LogP contribution >= 0.6 is 0 Å². The smallest absolute Gasteiger partial charge is 0.0919 e. The first kappa shape index (κ1) is 12.0. The Morgan fingerprint density at radius 3 is 2.75 bits per heavy atom. The summed E-state index contributed by atoms with van der Waals surface area (Å²) in [7, 11) is 0. The topological polar surface area (TPSA) is 69.6 Å². The molecule has 2 aliphatic rings. The predicted molar refractivity (Wildman–Crippen MR) is 76.0 cm³/mol. The van der Waals surface area contributed by atoms with Gasteiger partial charge in [-0.05, 0) is 38.1 Å². The summed E-state index contributed by atoms with van der Waals surface area (Å²) in [6, 6.07) is 0.520. The molecule has 0 radical (unpaired) electrons. The van der Waals surface area contributed by atoms with Crippen molar-refractivity contribution in [2.45, 2.75) is 37.6 Å². The van der Waals surface area contributed by atoms with Crippen LogP contribution in [0.4, 0.5) is 0 Å². The Morgan fingerprint density at radius 2 is 2.10 bits per heavy atom. The fourth-order valence-corrected chi connectivity index (χ4v) is 3.00. The molecule has 4 rings (SSSR count). The molecule has 2 aliphatic carbocycles. The van der Waals surface area contributed by atoms with Gasteiger partial charge < -0.3 is 5.73 Å². The van der Waals surface area contributed by atoms with Crippen LogP contribution in [0, 0.1) is 5.92 Å². The monoisotopic (exact) mass is 269 g/mol. The van der Waals surface area contributed by atoms with Crippen LogP contribution in [0.3, 0.4) is 0 Å². The van der Waals surface area contributed by atoms with Gasteiger partial charge in [0, 0.05) is 30.1 Å². The van der Waals surface area contributed by atoms with E-state index in [1.54, 1.807) is 12.4 Å². The van der Waals surface area contributed by atoms with Gasteiger partial charge in [-0.25, -0.2) is 0 Å². The fourth-order valence-electron chi connectivity index (χ4n) is 3.00. The third-order valence-corrected chi connectivity index (χ3v) is 4.48. The van der Waals surface area contributed by atoms with Gasteiger partial charge in [0.05, 0.1) is 23.6 Å². The maximum Gasteiger partial charge on any atom is 0.0919 e. The third-order valence-electron chi connectivity index (χ3n) is 4.48. The normalized spacial score (nSPS) is 25.4. The number of rotatable bonds is 4. The zero-order valence-electron chi connectivity index (χ0n) is 11.4. The van der Waals surface area contributed by atoms with E-state index in [4.69, 9.17) is 10.8 Å². The molecule has 2 fully saturated rings. The van der Waals surface area contributed by atoms with E-state index >= 15 is 0 Å². The summed E-state index contributed by atoms with van der Waals surface area (Å²) >= 11 is 0. The highest BCUT2D eigenvalue weighted by molar-refractivity contribution is 5.61. The molecular weight excluding hydrogens is 250 g/mol. The van der Waals surface area contributed by atoms with E-state index in [0.29, 0.717) is 17.9 Å². The van der Waals surface area contributed by atoms with Crippen LogP contribution in [0.1, 0.15) is 43.3 Å². The van der Waals surface area contributed by atoms with Gasteiger partial charge >= 0.3 is 0 Å². The molecule has 2 aromatic rings. The molecule has 5 nitrogen and oxygen atoms in total. The zero-order valence-corrected chi connectivity index (χ0v) is 11.4. The fraction of sp³-hybridized carbons (Fsp3) is 0.533. The van der Waals surface area contributed by atoms with Gasteiger partial charge in [-0.2, -0.15) is 5.10 Å². The van der Waals surface area contributed by atoms with Crippen molar-refractivity contribution in [1.29, 1.82) is 0 Å². The molecule has 104 valence electrons. The minimum absolute atomic E-state index is 0.520. The van der Waals surface area contributed by atoms with E-state index in [1.165, 1.54) is 18.5 Å². The maximum atomic E-state index is 5.71. The summed E-state index contributed by atoms with van der Waals surface area (Å²) in [5, 5.41) is 4.85. The van der Waals surface area contributed by atoms with E-state index in [0.717, 1.165) is 30.6 Å². The van der Waals surface area contributed by atoms with Crippen molar-refractivity contribution in [1.82, 2.24) is 19.7 Å². The molecule has 0 aliphatic heterocycles. The van der Waals surface area contributed by atoms with Crippen molar-refractivity contribution >= 4 is 0 Å². The Kier molecular flexibility index (Phi) is 2.80. The zero-order chi connectivity index (χ0) is 13.5. The van der Waals surface area contributed by atoms with Gasteiger partial charge in [-0.1, -0.05) is 0 Å². The second kappa shape index (κ2) is 4.66. The van der Waals surface area contributed by atoms with Crippen LogP contribution in [-0.2, 0) is 0 Å². The van der Waals surface area contributed by atoms with Crippen LogP contribution in [0.2, 0.25) is 0 Å². The highest BCUT2D eigenvalue weighted by atomic mass is 15.3. The van der Waals surface area contributed by atoms with Crippen molar-refractivity contribution in [2.24, 2.45) is 11.7 Å². The second-order valence-corrected chi connectivity index (χ2v) is 6.00. The number of hydrogen-bond acceptors (Lipinski definition) is 4. The average Bonchev–Trinajstić information content (AvgIpc) is 3.19. The van der Waals surface area contributed by atoms with Gasteiger partial charge in [-0.3, -0.25) is 14.6 Å². The SMILES string of the molecule is NCC1CC(n2cc(-c3cnccn3)c(C3CC3)n2)C1. The Bertz CT molecular complexity index is 596. The van der Waals surface area contributed by atoms with Gasteiger partial charge in [0.2, 0.25) is 0 Å². The van der Waals surface area contributed by atoms with Crippen molar-refractivity contribution in [2.75, 3.05) is 6.54 Å². The first-order valence-electron chi connectivity index (χ1n) is 7.40. The Morgan fingerprint density at radius 1 is 1.25 bits per heavy atom. The van der Waals surface area contributed by atoms with Crippen LogP contribution in [-0.4, -0.2) is 26.3 Å². The van der Waals surface area contributed by atoms with Crippen molar-refractivity contribution in [3.8, 4) is 11.3 Å². The van der Waals surface area contributed by atoms with Crippen molar-refractivity contribution in [3.63, 3.8) is 0 Å². The summed E-state index contributed by atoms with van der Waals surface area (Å²) in [5.74, 6) is 1.30. The van der Waals surface area contributed by atoms with E-state index in [1.807, 2.05) is 6.20 Å². The molecule has 0 spiro atoms. The highest BCUT2D eigenvalue weighted by Gasteiger charge is 2.34. The van der Waals surface area contributed by atoms with Gasteiger partial charge in [0.1, 0.15) is 0 Å². The molecular formula is C15H19N5. The van der Waals surface area contributed by atoms with Gasteiger partial charge in [0.15, 0.2) is 0 Å². The first-order valence-corrected chi connectivity index (χ1v) is 7.40. The lowest BCUT2D eigenvalue weighted by atomic mass is 9.80. The molecule has 5 heteroatoms. The maximum absolute atomic E-state index is 5.71. The van der Waals surface area contributed by atoms with E-state index < -0.39 is 0 Å². The molecule has 20 heavy (non-hydrogen) atoms. The molecule has 2 N–H and O–H groups in total. The largest absolute Gasteiger partial charge is 0.330 e. The lowest BCUT2D eigenvalue weighted by molar-refractivity contribution is 0.189. The first-order chi connectivity index (χ1) is 9.85. The number of nitrogens with zero attached hydrogens (tertiary/aromatic N) is 4. The molecule has 0 bridgehead atoms. The molecule has 0 unspecified atom stereocenters. The van der Waals surface area contributed by atoms with Gasteiger partial charge in [-0.15, -0.1) is 0 Å². The number of nitrogens with two attached hydrogens (primary N) is 1. The van der Waals surface area contributed by atoms with Crippen LogP contribution < -0.4 is 5.73 Å². The third kappa shape index (κ3) is 2.02. The molecule has 0 aromatic carbocycles. The minimum Gasteiger partial charge on any atom is -0.330 e. The second-order valence-electron chi connectivity index (χ2n) is 6.00. The molecule has 2 aromatic heterocycles. The van der Waals surface area contributed by atoms with Crippen LogP contribution in [0.25, 0.3) is 11.3 Å². The van der Waals surface area contributed by atoms with E-state index in [9.17, 15) is 0 Å². The molecule has 2 saturated carbocycles. The lowest BCUT2D eigenvalue weighted by Crippen LogP contribution is -2.32. The summed E-state index contributed by atoms with van der Waals surface area (Å²) in [5.41, 5.74) is 9.02.